The first-order valence-electron chi connectivity index (χ1n) is 11.5. The highest BCUT2D eigenvalue weighted by Crippen LogP contribution is 2.33. The SMILES string of the molecule is COc1ccc(NC(=O)c2cc(-c3sc(NC(=O)C(C)(C)C)nc3C)nn2Cc2ccccc2)cc1. The molecule has 0 saturated heterocycles. The number of carbonyl (C=O) groups excluding carboxylic acids is 2. The summed E-state index contributed by atoms with van der Waals surface area (Å²) in [5.74, 6) is 0.315. The maximum absolute atomic E-state index is 13.3. The van der Waals surface area contributed by atoms with Crippen molar-refractivity contribution in [1.29, 1.82) is 0 Å². The lowest BCUT2D eigenvalue weighted by molar-refractivity contribution is -0.123. The largest absolute Gasteiger partial charge is 0.497 e. The lowest BCUT2D eigenvalue weighted by Gasteiger charge is -2.15. The Balaban J connectivity index is 1.66. The van der Waals surface area contributed by atoms with Crippen LogP contribution in [0.4, 0.5) is 10.8 Å². The molecular formula is C27H29N5O3S. The summed E-state index contributed by atoms with van der Waals surface area (Å²) >= 11 is 1.34. The van der Waals surface area contributed by atoms with Crippen LogP contribution in [0.25, 0.3) is 10.6 Å². The Morgan fingerprint density at radius 2 is 1.72 bits per heavy atom. The Morgan fingerprint density at radius 1 is 1.03 bits per heavy atom. The Labute approximate surface area is 214 Å². The van der Waals surface area contributed by atoms with E-state index in [2.05, 4.69) is 15.6 Å². The third-order valence-corrected chi connectivity index (χ3v) is 6.56. The molecule has 4 rings (SSSR count). The van der Waals surface area contributed by atoms with Crippen LogP contribution in [0.15, 0.2) is 60.7 Å². The fourth-order valence-electron chi connectivity index (χ4n) is 3.43. The monoisotopic (exact) mass is 503 g/mol. The number of rotatable bonds is 7. The molecule has 9 heteroatoms. The molecule has 0 aliphatic rings. The first-order valence-corrected chi connectivity index (χ1v) is 12.3. The number of aryl methyl sites for hydroxylation is 1. The predicted octanol–water partition coefficient (Wildman–Crippen LogP) is 5.61. The van der Waals surface area contributed by atoms with E-state index in [9.17, 15) is 9.59 Å². The van der Waals surface area contributed by atoms with Gasteiger partial charge in [-0.25, -0.2) is 4.98 Å². The fraction of sp³-hybridized carbons (Fsp3) is 0.259. The fourth-order valence-corrected chi connectivity index (χ4v) is 4.35. The van der Waals surface area contributed by atoms with Crippen molar-refractivity contribution >= 4 is 34.0 Å². The summed E-state index contributed by atoms with van der Waals surface area (Å²) in [6.07, 6.45) is 0. The van der Waals surface area contributed by atoms with Crippen LogP contribution in [0.2, 0.25) is 0 Å². The molecule has 0 saturated carbocycles. The van der Waals surface area contributed by atoms with Crippen molar-refractivity contribution in [3.05, 3.63) is 77.6 Å². The zero-order chi connectivity index (χ0) is 25.9. The van der Waals surface area contributed by atoms with Gasteiger partial charge in [0, 0.05) is 11.1 Å². The second kappa shape index (κ2) is 10.3. The molecule has 2 amide bonds. The Kier molecular flexibility index (Phi) is 7.21. The molecule has 0 spiro atoms. The van der Waals surface area contributed by atoms with Crippen LogP contribution >= 0.6 is 11.3 Å². The molecule has 4 aromatic rings. The average molecular weight is 504 g/mol. The van der Waals surface area contributed by atoms with E-state index in [1.807, 2.05) is 58.0 Å². The van der Waals surface area contributed by atoms with Gasteiger partial charge in [0.1, 0.15) is 17.1 Å². The van der Waals surface area contributed by atoms with Gasteiger partial charge in [0.25, 0.3) is 5.91 Å². The number of anilines is 2. The van der Waals surface area contributed by atoms with Crippen molar-refractivity contribution in [3.8, 4) is 16.3 Å². The molecule has 0 fully saturated rings. The standard InChI is InChI=1S/C27H29N5O3S/c1-17-23(36-26(28-17)30-25(34)27(2,3)4)21-15-22(32(31-21)16-18-9-7-6-8-10-18)24(33)29-19-11-13-20(35-5)14-12-19/h6-15H,16H2,1-5H3,(H,29,33)(H,28,30,34). The van der Waals surface area contributed by atoms with Crippen LogP contribution in [0, 0.1) is 12.3 Å². The lowest BCUT2D eigenvalue weighted by Crippen LogP contribution is -2.27. The summed E-state index contributed by atoms with van der Waals surface area (Å²) in [5, 5.41) is 11.1. The molecule has 2 N–H and O–H groups in total. The van der Waals surface area contributed by atoms with Crippen molar-refractivity contribution < 1.29 is 14.3 Å². The van der Waals surface area contributed by atoms with Gasteiger partial charge in [0.2, 0.25) is 5.91 Å². The van der Waals surface area contributed by atoms with Gasteiger partial charge in [-0.2, -0.15) is 5.10 Å². The normalized spacial score (nSPS) is 11.2. The highest BCUT2D eigenvalue weighted by molar-refractivity contribution is 7.19. The molecule has 0 radical (unpaired) electrons. The van der Waals surface area contributed by atoms with Gasteiger partial charge in [0.05, 0.1) is 24.2 Å². The van der Waals surface area contributed by atoms with Crippen LogP contribution in [0.5, 0.6) is 5.75 Å². The number of methoxy groups -OCH3 is 1. The number of benzene rings is 2. The quantitative estimate of drug-likeness (QED) is 0.342. The number of hydrogen-bond acceptors (Lipinski definition) is 6. The van der Waals surface area contributed by atoms with Crippen LogP contribution in [-0.2, 0) is 11.3 Å². The second-order valence-electron chi connectivity index (χ2n) is 9.38. The van der Waals surface area contributed by atoms with Gasteiger partial charge in [-0.15, -0.1) is 0 Å². The van der Waals surface area contributed by atoms with Crippen molar-refractivity contribution in [2.45, 2.75) is 34.2 Å². The van der Waals surface area contributed by atoms with Gasteiger partial charge in [-0.3, -0.25) is 14.3 Å². The minimum atomic E-state index is -0.538. The van der Waals surface area contributed by atoms with E-state index in [0.29, 0.717) is 34.5 Å². The Hall–Kier alpha value is -3.98. The molecule has 0 unspecified atom stereocenters. The number of thiazole rings is 1. The van der Waals surface area contributed by atoms with Crippen molar-refractivity contribution in [2.24, 2.45) is 5.41 Å². The third-order valence-electron chi connectivity index (χ3n) is 5.47. The van der Waals surface area contributed by atoms with E-state index in [-0.39, 0.29) is 11.8 Å². The topological polar surface area (TPSA) is 98.1 Å². The molecule has 2 aromatic carbocycles. The lowest BCUT2D eigenvalue weighted by atomic mass is 9.96. The maximum atomic E-state index is 13.3. The van der Waals surface area contributed by atoms with Crippen molar-refractivity contribution in [2.75, 3.05) is 17.7 Å². The summed E-state index contributed by atoms with van der Waals surface area (Å²) in [7, 11) is 1.60. The predicted molar refractivity (Wildman–Crippen MR) is 143 cm³/mol. The van der Waals surface area contributed by atoms with Crippen LogP contribution in [0.3, 0.4) is 0 Å². The number of nitrogens with one attached hydrogen (secondary N) is 2. The van der Waals surface area contributed by atoms with Gasteiger partial charge >= 0.3 is 0 Å². The number of amides is 2. The number of nitrogens with zero attached hydrogens (tertiary/aromatic N) is 3. The second-order valence-corrected chi connectivity index (χ2v) is 10.4. The molecule has 0 aliphatic heterocycles. The smallest absolute Gasteiger partial charge is 0.273 e. The van der Waals surface area contributed by atoms with E-state index in [1.165, 1.54) is 11.3 Å². The molecule has 36 heavy (non-hydrogen) atoms. The highest BCUT2D eigenvalue weighted by atomic mass is 32.1. The molecule has 186 valence electrons. The minimum absolute atomic E-state index is 0.114. The van der Waals surface area contributed by atoms with Crippen LogP contribution in [0.1, 0.15) is 42.5 Å². The summed E-state index contributed by atoms with van der Waals surface area (Å²) in [5.41, 5.74) is 2.90. The summed E-state index contributed by atoms with van der Waals surface area (Å²) in [6.45, 7) is 7.84. The van der Waals surface area contributed by atoms with E-state index in [4.69, 9.17) is 9.84 Å². The number of aromatic nitrogens is 3. The number of ether oxygens (including phenoxy) is 1. The van der Waals surface area contributed by atoms with Crippen LogP contribution < -0.4 is 15.4 Å². The molecule has 2 aromatic heterocycles. The van der Waals surface area contributed by atoms with Gasteiger partial charge in [-0.05, 0) is 42.8 Å². The maximum Gasteiger partial charge on any atom is 0.273 e. The van der Waals surface area contributed by atoms with Crippen LogP contribution in [-0.4, -0.2) is 33.7 Å². The van der Waals surface area contributed by atoms with Crippen molar-refractivity contribution in [1.82, 2.24) is 14.8 Å². The third kappa shape index (κ3) is 5.80. The zero-order valence-corrected chi connectivity index (χ0v) is 21.8. The number of hydrogen-bond donors (Lipinski definition) is 2. The van der Waals surface area contributed by atoms with Gasteiger partial charge in [0.15, 0.2) is 5.13 Å². The van der Waals surface area contributed by atoms with Gasteiger partial charge < -0.3 is 15.4 Å². The molecule has 2 heterocycles. The van der Waals surface area contributed by atoms with E-state index >= 15 is 0 Å². The van der Waals surface area contributed by atoms with Gasteiger partial charge in [-0.1, -0.05) is 62.4 Å². The zero-order valence-electron chi connectivity index (χ0n) is 21.0. The molecule has 8 nitrogen and oxygen atoms in total. The molecule has 0 bridgehead atoms. The first-order chi connectivity index (χ1) is 17.1. The first kappa shape index (κ1) is 25.1. The summed E-state index contributed by atoms with van der Waals surface area (Å²) in [6, 6.07) is 18.7. The molecule has 0 aliphatic carbocycles. The average Bonchev–Trinajstić information content (AvgIpc) is 3.42. The summed E-state index contributed by atoms with van der Waals surface area (Å²) < 4.78 is 6.89. The van der Waals surface area contributed by atoms with E-state index < -0.39 is 5.41 Å². The Bertz CT molecular complexity index is 1370. The number of carbonyl (C=O) groups is 2. The summed E-state index contributed by atoms with van der Waals surface area (Å²) in [4.78, 5) is 31.0. The Morgan fingerprint density at radius 3 is 2.36 bits per heavy atom. The molecule has 0 atom stereocenters. The molecular weight excluding hydrogens is 474 g/mol. The minimum Gasteiger partial charge on any atom is -0.497 e. The van der Waals surface area contributed by atoms with Crippen molar-refractivity contribution in [3.63, 3.8) is 0 Å². The highest BCUT2D eigenvalue weighted by Gasteiger charge is 2.24. The van der Waals surface area contributed by atoms with E-state index in [0.717, 1.165) is 16.1 Å². The van der Waals surface area contributed by atoms with E-state index in [1.54, 1.807) is 42.1 Å².